The van der Waals surface area contributed by atoms with Crippen LogP contribution in [0.1, 0.15) is 17.5 Å². The molecule has 4 nitrogen and oxygen atoms in total. The van der Waals surface area contributed by atoms with Crippen LogP contribution in [0.5, 0.6) is 0 Å². The first-order chi connectivity index (χ1) is 9.81. The third kappa shape index (κ3) is 4.18. The van der Waals surface area contributed by atoms with Gasteiger partial charge in [-0.3, -0.25) is 4.79 Å². The van der Waals surface area contributed by atoms with Crippen LogP contribution in [0.25, 0.3) is 0 Å². The van der Waals surface area contributed by atoms with Crippen molar-refractivity contribution in [2.45, 2.75) is 25.4 Å². The van der Waals surface area contributed by atoms with Crippen LogP contribution < -0.4 is 10.6 Å². The Hall–Kier alpha value is -1.65. The number of rotatable bonds is 7. The Bertz CT molecular complexity index is 460. The standard InChI is InChI=1S/C16H22N2O2/c1-2-3-9-20-10-8-17-16(19)15-11-13-6-4-5-7-14(13)12-18-15/h2,4-7,15,18H,1,3,8-12H2,(H,17,19)/t15-/m0/s1. The van der Waals surface area contributed by atoms with Gasteiger partial charge in [-0.1, -0.05) is 30.3 Å². The summed E-state index contributed by atoms with van der Waals surface area (Å²) in [5.41, 5.74) is 2.54. The Morgan fingerprint density at radius 2 is 2.20 bits per heavy atom. The molecule has 0 saturated heterocycles. The summed E-state index contributed by atoms with van der Waals surface area (Å²) in [7, 11) is 0. The molecule has 1 heterocycles. The molecule has 0 bridgehead atoms. The van der Waals surface area contributed by atoms with Crippen molar-refractivity contribution >= 4 is 5.91 Å². The van der Waals surface area contributed by atoms with Crippen LogP contribution in [0.4, 0.5) is 0 Å². The van der Waals surface area contributed by atoms with E-state index in [0.717, 1.165) is 19.4 Å². The van der Waals surface area contributed by atoms with Crippen LogP contribution in [0.3, 0.4) is 0 Å². The molecule has 108 valence electrons. The predicted octanol–water partition coefficient (Wildman–Crippen LogP) is 1.41. The highest BCUT2D eigenvalue weighted by Crippen LogP contribution is 2.16. The first-order valence-electron chi connectivity index (χ1n) is 7.08. The maximum absolute atomic E-state index is 12.1. The van der Waals surface area contributed by atoms with E-state index in [0.29, 0.717) is 19.8 Å². The molecule has 1 aliphatic heterocycles. The van der Waals surface area contributed by atoms with Crippen LogP contribution in [-0.4, -0.2) is 31.7 Å². The number of fused-ring (bicyclic) bond motifs is 1. The average molecular weight is 274 g/mol. The number of ether oxygens (including phenoxy) is 1. The van der Waals surface area contributed by atoms with Gasteiger partial charge in [0, 0.05) is 13.1 Å². The van der Waals surface area contributed by atoms with Gasteiger partial charge in [-0.05, 0) is 24.0 Å². The highest BCUT2D eigenvalue weighted by Gasteiger charge is 2.23. The molecule has 1 aliphatic rings. The third-order valence-electron chi connectivity index (χ3n) is 3.41. The van der Waals surface area contributed by atoms with Crippen LogP contribution >= 0.6 is 0 Å². The summed E-state index contributed by atoms with van der Waals surface area (Å²) in [5.74, 6) is 0.0480. The molecule has 0 saturated carbocycles. The van der Waals surface area contributed by atoms with Crippen molar-refractivity contribution in [2.24, 2.45) is 0 Å². The van der Waals surface area contributed by atoms with Crippen molar-refractivity contribution in [1.29, 1.82) is 0 Å². The van der Waals surface area contributed by atoms with E-state index in [1.807, 2.05) is 18.2 Å². The summed E-state index contributed by atoms with van der Waals surface area (Å²) in [4.78, 5) is 12.1. The Morgan fingerprint density at radius 1 is 1.40 bits per heavy atom. The largest absolute Gasteiger partial charge is 0.379 e. The number of benzene rings is 1. The van der Waals surface area contributed by atoms with Crippen molar-refractivity contribution in [2.75, 3.05) is 19.8 Å². The number of hydrogen-bond donors (Lipinski definition) is 2. The van der Waals surface area contributed by atoms with Crippen molar-refractivity contribution in [3.63, 3.8) is 0 Å². The molecule has 0 aliphatic carbocycles. The molecule has 0 spiro atoms. The highest BCUT2D eigenvalue weighted by molar-refractivity contribution is 5.82. The zero-order valence-electron chi connectivity index (χ0n) is 11.7. The topological polar surface area (TPSA) is 50.4 Å². The van der Waals surface area contributed by atoms with Crippen molar-refractivity contribution in [3.05, 3.63) is 48.0 Å². The molecule has 1 atom stereocenters. The van der Waals surface area contributed by atoms with Crippen molar-refractivity contribution in [3.8, 4) is 0 Å². The lowest BCUT2D eigenvalue weighted by atomic mass is 9.95. The number of hydrogen-bond acceptors (Lipinski definition) is 3. The third-order valence-corrected chi connectivity index (χ3v) is 3.41. The lowest BCUT2D eigenvalue weighted by Gasteiger charge is -2.25. The summed E-state index contributed by atoms with van der Waals surface area (Å²) in [5, 5.41) is 6.18. The monoisotopic (exact) mass is 274 g/mol. The Balaban J connectivity index is 1.70. The fourth-order valence-corrected chi connectivity index (χ4v) is 2.28. The molecule has 4 heteroatoms. The molecule has 2 N–H and O–H groups in total. The van der Waals surface area contributed by atoms with E-state index in [4.69, 9.17) is 4.74 Å². The minimum absolute atomic E-state index is 0.0480. The zero-order chi connectivity index (χ0) is 14.2. The second kappa shape index (κ2) is 7.82. The van der Waals surface area contributed by atoms with Crippen LogP contribution in [0.15, 0.2) is 36.9 Å². The Labute approximate surface area is 120 Å². The lowest BCUT2D eigenvalue weighted by molar-refractivity contribution is -0.123. The summed E-state index contributed by atoms with van der Waals surface area (Å²) in [6, 6.07) is 8.10. The van der Waals surface area contributed by atoms with Gasteiger partial charge in [0.1, 0.15) is 0 Å². The lowest BCUT2D eigenvalue weighted by Crippen LogP contribution is -2.48. The smallest absolute Gasteiger partial charge is 0.237 e. The Morgan fingerprint density at radius 3 is 3.00 bits per heavy atom. The van der Waals surface area contributed by atoms with E-state index >= 15 is 0 Å². The van der Waals surface area contributed by atoms with E-state index in [1.54, 1.807) is 0 Å². The van der Waals surface area contributed by atoms with Gasteiger partial charge in [0.15, 0.2) is 0 Å². The molecule has 0 aromatic heterocycles. The van der Waals surface area contributed by atoms with Gasteiger partial charge >= 0.3 is 0 Å². The Kier molecular flexibility index (Phi) is 5.77. The van der Waals surface area contributed by atoms with Crippen LogP contribution in [0, 0.1) is 0 Å². The molecule has 0 unspecified atom stereocenters. The maximum atomic E-state index is 12.1. The van der Waals surface area contributed by atoms with E-state index in [2.05, 4.69) is 29.3 Å². The number of carbonyl (C=O) groups excluding carboxylic acids is 1. The van der Waals surface area contributed by atoms with E-state index in [-0.39, 0.29) is 11.9 Å². The average Bonchev–Trinajstić information content (AvgIpc) is 2.50. The number of nitrogens with one attached hydrogen (secondary N) is 2. The molecule has 1 aromatic rings. The minimum atomic E-state index is -0.141. The van der Waals surface area contributed by atoms with Gasteiger partial charge in [-0.25, -0.2) is 0 Å². The predicted molar refractivity (Wildman–Crippen MR) is 79.4 cm³/mol. The van der Waals surface area contributed by atoms with E-state index < -0.39 is 0 Å². The molecule has 0 radical (unpaired) electrons. The first kappa shape index (κ1) is 14.8. The first-order valence-corrected chi connectivity index (χ1v) is 7.08. The van der Waals surface area contributed by atoms with Gasteiger partial charge in [-0.2, -0.15) is 0 Å². The van der Waals surface area contributed by atoms with Crippen LogP contribution in [-0.2, 0) is 22.5 Å². The van der Waals surface area contributed by atoms with Gasteiger partial charge in [0.25, 0.3) is 0 Å². The second-order valence-electron chi connectivity index (χ2n) is 4.89. The molecule has 0 fully saturated rings. The number of amides is 1. The van der Waals surface area contributed by atoms with Crippen LogP contribution in [0.2, 0.25) is 0 Å². The summed E-state index contributed by atoms with van der Waals surface area (Å²) >= 11 is 0. The molecule has 1 amide bonds. The SMILES string of the molecule is C=CCCOCCNC(=O)[C@@H]1Cc2ccccc2CN1. The molecular weight excluding hydrogens is 252 g/mol. The van der Waals surface area contributed by atoms with Gasteiger partial charge in [0.2, 0.25) is 5.91 Å². The molecule has 2 rings (SSSR count). The molecule has 20 heavy (non-hydrogen) atoms. The van der Waals surface area contributed by atoms with Crippen molar-refractivity contribution < 1.29 is 9.53 Å². The normalized spacial score (nSPS) is 17.3. The number of carbonyl (C=O) groups is 1. The zero-order valence-corrected chi connectivity index (χ0v) is 11.7. The minimum Gasteiger partial charge on any atom is -0.379 e. The van der Waals surface area contributed by atoms with Crippen molar-refractivity contribution in [1.82, 2.24) is 10.6 Å². The molecule has 1 aromatic carbocycles. The summed E-state index contributed by atoms with van der Waals surface area (Å²) < 4.78 is 5.36. The second-order valence-corrected chi connectivity index (χ2v) is 4.89. The van der Waals surface area contributed by atoms with E-state index in [1.165, 1.54) is 11.1 Å². The van der Waals surface area contributed by atoms with E-state index in [9.17, 15) is 4.79 Å². The summed E-state index contributed by atoms with van der Waals surface area (Å²) in [6.07, 6.45) is 3.41. The summed E-state index contributed by atoms with van der Waals surface area (Å²) in [6.45, 7) is 6.14. The fraction of sp³-hybridized carbons (Fsp3) is 0.438. The quantitative estimate of drug-likeness (QED) is 0.584. The molecular formula is C16H22N2O2. The highest BCUT2D eigenvalue weighted by atomic mass is 16.5. The fourth-order valence-electron chi connectivity index (χ4n) is 2.28. The van der Waals surface area contributed by atoms with Gasteiger partial charge in [-0.15, -0.1) is 6.58 Å². The van der Waals surface area contributed by atoms with Gasteiger partial charge in [0.05, 0.1) is 19.3 Å². The maximum Gasteiger partial charge on any atom is 0.237 e. The van der Waals surface area contributed by atoms with Gasteiger partial charge < -0.3 is 15.4 Å².